The van der Waals surface area contributed by atoms with Crippen LogP contribution in [-0.2, 0) is 0 Å². The van der Waals surface area contributed by atoms with Crippen LogP contribution >= 0.6 is 11.6 Å². The van der Waals surface area contributed by atoms with Crippen molar-refractivity contribution in [1.29, 1.82) is 0 Å². The van der Waals surface area contributed by atoms with Gasteiger partial charge in [-0.05, 0) is 19.4 Å². The van der Waals surface area contributed by atoms with Crippen LogP contribution in [0, 0.1) is 0 Å². The van der Waals surface area contributed by atoms with Gasteiger partial charge in [0.1, 0.15) is 0 Å². The molecule has 0 amide bonds. The summed E-state index contributed by atoms with van der Waals surface area (Å²) in [4.78, 5) is 4.78. The molecule has 3 unspecified atom stereocenters. The lowest BCUT2D eigenvalue weighted by molar-refractivity contribution is 0.516. The zero-order valence-corrected chi connectivity index (χ0v) is 12.0. The van der Waals surface area contributed by atoms with E-state index in [1.54, 1.807) is 0 Å². The molecule has 0 saturated carbocycles. The second-order valence-corrected chi connectivity index (χ2v) is 5.71. The molecular formula is C16H19ClN2. The summed E-state index contributed by atoms with van der Waals surface area (Å²) in [5, 5.41) is -0.155. The molecule has 2 rings (SSSR count). The molecule has 0 heterocycles. The predicted octanol–water partition coefficient (Wildman–Crippen LogP) is 3.32. The summed E-state index contributed by atoms with van der Waals surface area (Å²) in [6.45, 7) is 3.91. The van der Waals surface area contributed by atoms with E-state index < -0.39 is 5.54 Å². The summed E-state index contributed by atoms with van der Waals surface area (Å²) in [6, 6.07) is 9.91. The molecule has 19 heavy (non-hydrogen) atoms. The Balaban J connectivity index is 2.38. The SMILES string of the molecule is CC(Cl)C(=NC1C=CC=CC1(C)N)c1ccccc1. The number of nitrogens with two attached hydrogens (primary N) is 1. The third-order valence-electron chi connectivity index (χ3n) is 3.22. The van der Waals surface area contributed by atoms with Gasteiger partial charge in [0.05, 0.1) is 22.7 Å². The van der Waals surface area contributed by atoms with E-state index in [4.69, 9.17) is 22.3 Å². The van der Waals surface area contributed by atoms with Gasteiger partial charge < -0.3 is 5.73 Å². The molecule has 1 aromatic rings. The largest absolute Gasteiger partial charge is 0.320 e. The molecule has 0 aromatic heterocycles. The Morgan fingerprint density at radius 1 is 1.32 bits per heavy atom. The number of hydrogen-bond donors (Lipinski definition) is 1. The number of allylic oxidation sites excluding steroid dienone is 2. The number of halogens is 1. The molecule has 1 aromatic carbocycles. The van der Waals surface area contributed by atoms with Crippen LogP contribution in [0.25, 0.3) is 0 Å². The fourth-order valence-electron chi connectivity index (χ4n) is 2.09. The van der Waals surface area contributed by atoms with E-state index in [1.165, 1.54) is 0 Å². The van der Waals surface area contributed by atoms with E-state index in [-0.39, 0.29) is 11.4 Å². The molecule has 0 aliphatic heterocycles. The monoisotopic (exact) mass is 274 g/mol. The predicted molar refractivity (Wildman–Crippen MR) is 83.0 cm³/mol. The first-order valence-electron chi connectivity index (χ1n) is 6.43. The van der Waals surface area contributed by atoms with Crippen molar-refractivity contribution in [3.8, 4) is 0 Å². The Hall–Kier alpha value is -1.38. The van der Waals surface area contributed by atoms with Gasteiger partial charge in [-0.25, -0.2) is 0 Å². The molecule has 1 aliphatic carbocycles. The standard InChI is InChI=1S/C16H19ClN2/c1-12(17)15(13-8-4-3-5-9-13)19-14-10-6-7-11-16(14,2)18/h3-12,14H,18H2,1-2H3. The summed E-state index contributed by atoms with van der Waals surface area (Å²) in [5.41, 5.74) is 7.71. The van der Waals surface area contributed by atoms with Crippen molar-refractivity contribution in [1.82, 2.24) is 0 Å². The van der Waals surface area contributed by atoms with Crippen molar-refractivity contribution in [3.63, 3.8) is 0 Å². The number of benzene rings is 1. The molecule has 100 valence electrons. The van der Waals surface area contributed by atoms with E-state index in [2.05, 4.69) is 0 Å². The van der Waals surface area contributed by atoms with Gasteiger partial charge in [-0.2, -0.15) is 0 Å². The lowest BCUT2D eigenvalue weighted by Crippen LogP contribution is -2.46. The normalized spacial score (nSPS) is 28.4. The molecule has 3 heteroatoms. The summed E-state index contributed by atoms with van der Waals surface area (Å²) >= 11 is 6.28. The number of nitrogens with zero attached hydrogens (tertiary/aromatic N) is 1. The molecule has 0 fully saturated rings. The zero-order chi connectivity index (χ0) is 13.9. The van der Waals surface area contributed by atoms with Gasteiger partial charge in [-0.3, -0.25) is 4.99 Å². The van der Waals surface area contributed by atoms with Crippen LogP contribution in [0.15, 0.2) is 59.6 Å². The summed E-state index contributed by atoms with van der Waals surface area (Å²) < 4.78 is 0. The maximum absolute atomic E-state index is 6.28. The molecule has 3 atom stereocenters. The van der Waals surface area contributed by atoms with Gasteiger partial charge in [-0.15, -0.1) is 11.6 Å². The minimum Gasteiger partial charge on any atom is -0.320 e. The van der Waals surface area contributed by atoms with Gasteiger partial charge in [0.2, 0.25) is 0 Å². The van der Waals surface area contributed by atoms with Crippen LogP contribution in [0.4, 0.5) is 0 Å². The van der Waals surface area contributed by atoms with Crippen molar-refractivity contribution >= 4 is 17.3 Å². The average molecular weight is 275 g/mol. The Kier molecular flexibility index (Phi) is 4.23. The Morgan fingerprint density at radius 2 is 2.00 bits per heavy atom. The number of rotatable bonds is 3. The molecule has 0 bridgehead atoms. The van der Waals surface area contributed by atoms with Gasteiger partial charge in [-0.1, -0.05) is 54.6 Å². The van der Waals surface area contributed by atoms with Crippen LogP contribution in [0.1, 0.15) is 19.4 Å². The molecule has 0 radical (unpaired) electrons. The van der Waals surface area contributed by atoms with Gasteiger partial charge in [0, 0.05) is 0 Å². The zero-order valence-electron chi connectivity index (χ0n) is 11.3. The third-order valence-corrected chi connectivity index (χ3v) is 3.43. The van der Waals surface area contributed by atoms with E-state index in [9.17, 15) is 0 Å². The molecular weight excluding hydrogens is 256 g/mol. The second kappa shape index (κ2) is 5.72. The highest BCUT2D eigenvalue weighted by Gasteiger charge is 2.27. The fraction of sp³-hybridized carbons (Fsp3) is 0.312. The van der Waals surface area contributed by atoms with Crippen LogP contribution in [0.5, 0.6) is 0 Å². The molecule has 2 nitrogen and oxygen atoms in total. The molecule has 2 N–H and O–H groups in total. The maximum Gasteiger partial charge on any atom is 0.0899 e. The Labute approximate surface area is 119 Å². The smallest absolute Gasteiger partial charge is 0.0899 e. The highest BCUT2D eigenvalue weighted by molar-refractivity contribution is 6.34. The van der Waals surface area contributed by atoms with E-state index in [0.29, 0.717) is 0 Å². The Bertz CT molecular complexity index is 513. The molecule has 1 aliphatic rings. The van der Waals surface area contributed by atoms with Crippen molar-refractivity contribution in [2.45, 2.75) is 30.8 Å². The minimum atomic E-state index is -0.472. The van der Waals surface area contributed by atoms with Gasteiger partial charge in [0.15, 0.2) is 0 Å². The Morgan fingerprint density at radius 3 is 2.58 bits per heavy atom. The minimum absolute atomic E-state index is 0.0890. The van der Waals surface area contributed by atoms with Gasteiger partial charge >= 0.3 is 0 Å². The van der Waals surface area contributed by atoms with Crippen molar-refractivity contribution in [2.24, 2.45) is 10.7 Å². The lowest BCUT2D eigenvalue weighted by atomic mass is 9.89. The summed E-state index contributed by atoms with van der Waals surface area (Å²) in [7, 11) is 0. The summed E-state index contributed by atoms with van der Waals surface area (Å²) in [5.74, 6) is 0. The van der Waals surface area contributed by atoms with Crippen LogP contribution in [-0.4, -0.2) is 22.7 Å². The van der Waals surface area contributed by atoms with E-state index >= 15 is 0 Å². The number of aliphatic imine (C=N–C) groups is 1. The second-order valence-electron chi connectivity index (χ2n) is 5.05. The van der Waals surface area contributed by atoms with Crippen molar-refractivity contribution < 1.29 is 0 Å². The van der Waals surface area contributed by atoms with Crippen molar-refractivity contribution in [2.75, 3.05) is 0 Å². The number of alkyl halides is 1. The lowest BCUT2D eigenvalue weighted by Gasteiger charge is -2.29. The molecule has 0 saturated heterocycles. The fourth-order valence-corrected chi connectivity index (χ4v) is 2.27. The van der Waals surface area contributed by atoms with E-state index in [0.717, 1.165) is 11.3 Å². The quantitative estimate of drug-likeness (QED) is 0.666. The number of hydrogen-bond acceptors (Lipinski definition) is 2. The highest BCUT2D eigenvalue weighted by atomic mass is 35.5. The average Bonchev–Trinajstić information content (AvgIpc) is 2.37. The maximum atomic E-state index is 6.28. The third kappa shape index (κ3) is 3.34. The van der Waals surface area contributed by atoms with Crippen LogP contribution < -0.4 is 5.73 Å². The van der Waals surface area contributed by atoms with Crippen LogP contribution in [0.2, 0.25) is 0 Å². The first-order chi connectivity index (χ1) is 9.00. The topological polar surface area (TPSA) is 38.4 Å². The molecule has 0 spiro atoms. The van der Waals surface area contributed by atoms with Gasteiger partial charge in [0.25, 0.3) is 0 Å². The first kappa shape index (κ1) is 14.0. The summed E-state index contributed by atoms with van der Waals surface area (Å²) in [6.07, 6.45) is 7.92. The highest BCUT2D eigenvalue weighted by Crippen LogP contribution is 2.20. The van der Waals surface area contributed by atoms with E-state index in [1.807, 2.05) is 68.5 Å². The first-order valence-corrected chi connectivity index (χ1v) is 6.86. The van der Waals surface area contributed by atoms with Crippen LogP contribution in [0.3, 0.4) is 0 Å². The van der Waals surface area contributed by atoms with Crippen molar-refractivity contribution in [3.05, 3.63) is 60.2 Å².